The Hall–Kier alpha value is -3.19. The quantitative estimate of drug-likeness (QED) is 0.417. The summed E-state index contributed by atoms with van der Waals surface area (Å²) in [6.45, 7) is 4.46. The number of carbonyl (C=O) groups is 3. The van der Waals surface area contributed by atoms with Gasteiger partial charge < -0.3 is 0 Å². The highest BCUT2D eigenvalue weighted by Crippen LogP contribution is 2.33. The minimum absolute atomic E-state index is 0.149. The van der Waals surface area contributed by atoms with Gasteiger partial charge in [0.25, 0.3) is 17.1 Å². The van der Waals surface area contributed by atoms with Crippen LogP contribution in [0.4, 0.5) is 4.79 Å². The molecule has 3 aromatic rings. The summed E-state index contributed by atoms with van der Waals surface area (Å²) >= 11 is 6.79. The third-order valence-electron chi connectivity index (χ3n) is 6.70. The molecule has 2 aliphatic rings. The van der Waals surface area contributed by atoms with Gasteiger partial charge in [-0.05, 0) is 85.5 Å². The number of carbonyl (C=O) groups excluding carboxylic acids is 3. The van der Waals surface area contributed by atoms with Crippen molar-refractivity contribution in [3.63, 3.8) is 0 Å². The second-order valence-corrected chi connectivity index (χ2v) is 12.6. The molecule has 10 nitrogen and oxygen atoms in total. The Morgan fingerprint density at radius 1 is 1.13 bits per heavy atom. The van der Waals surface area contributed by atoms with E-state index in [2.05, 4.69) is 5.10 Å². The molecule has 2 fully saturated rings. The molecule has 1 N–H and O–H groups in total. The van der Waals surface area contributed by atoms with Crippen molar-refractivity contribution in [3.8, 4) is 0 Å². The molecule has 0 aliphatic carbocycles. The molecule has 39 heavy (non-hydrogen) atoms. The zero-order valence-electron chi connectivity index (χ0n) is 21.3. The summed E-state index contributed by atoms with van der Waals surface area (Å²) in [4.78, 5) is 38.7. The smallest absolute Gasteiger partial charge is 0.272 e. The minimum atomic E-state index is -4.00. The number of thioether (sulfide) groups is 1. The number of nitrogens with one attached hydrogen (secondary N) is 1. The number of nitrogens with zero attached hydrogens (tertiary/aromatic N) is 4. The number of hydrogen-bond acceptors (Lipinski definition) is 7. The van der Waals surface area contributed by atoms with Gasteiger partial charge in [-0.1, -0.05) is 23.7 Å². The van der Waals surface area contributed by atoms with Crippen molar-refractivity contribution >= 4 is 67.6 Å². The normalized spacial score (nSPS) is 17.6. The van der Waals surface area contributed by atoms with Gasteiger partial charge in [-0.3, -0.25) is 24.0 Å². The molecule has 2 saturated heterocycles. The van der Waals surface area contributed by atoms with E-state index >= 15 is 0 Å². The molecule has 0 atom stereocenters. The first-order valence-electron chi connectivity index (χ1n) is 12.3. The average molecular weight is 588 g/mol. The molecule has 0 unspecified atom stereocenters. The van der Waals surface area contributed by atoms with Crippen molar-refractivity contribution in [1.29, 1.82) is 0 Å². The van der Waals surface area contributed by atoms with E-state index in [-0.39, 0.29) is 4.91 Å². The fourth-order valence-corrected chi connectivity index (χ4v) is 6.95. The van der Waals surface area contributed by atoms with Gasteiger partial charge in [-0.15, -0.1) is 0 Å². The summed E-state index contributed by atoms with van der Waals surface area (Å²) in [5.41, 5.74) is 4.59. The van der Waals surface area contributed by atoms with Gasteiger partial charge in [0, 0.05) is 23.5 Å². The standard InChI is InChI=1S/C26H26ClN5O5S2/c1-16-11-20(27)7-6-19(16)14-32-22-8-5-18(12-21(22)17(2)28-32)13-23-25(34)31(26(35)38-23)15-24(33)29-39(36,37)30-9-3-4-10-30/h5-8,11-13H,3-4,9-10,14-15H2,1-2H3,(H,29,33)/b23-13-. The Labute approximate surface area is 235 Å². The van der Waals surface area contributed by atoms with E-state index in [0.717, 1.165) is 45.5 Å². The molecule has 2 aromatic carbocycles. The third kappa shape index (κ3) is 5.74. The van der Waals surface area contributed by atoms with Crippen molar-refractivity contribution in [3.05, 3.63) is 68.7 Å². The van der Waals surface area contributed by atoms with Gasteiger partial charge in [0.15, 0.2) is 0 Å². The van der Waals surface area contributed by atoms with E-state index in [9.17, 15) is 22.8 Å². The van der Waals surface area contributed by atoms with E-state index < -0.39 is 33.8 Å². The topological polar surface area (TPSA) is 122 Å². The number of aryl methyl sites for hydroxylation is 2. The van der Waals surface area contributed by atoms with Gasteiger partial charge in [-0.25, -0.2) is 4.72 Å². The van der Waals surface area contributed by atoms with Gasteiger partial charge in [0.2, 0.25) is 0 Å². The molecule has 204 valence electrons. The average Bonchev–Trinajstić information content (AvgIpc) is 3.58. The number of benzene rings is 2. The van der Waals surface area contributed by atoms with Crippen LogP contribution < -0.4 is 4.72 Å². The molecule has 3 heterocycles. The Balaban J connectivity index is 1.31. The highest BCUT2D eigenvalue weighted by Gasteiger charge is 2.37. The SMILES string of the molecule is Cc1cc(Cl)ccc1Cn1nc(C)c2cc(/C=C3\SC(=O)N(CC(=O)NS(=O)(=O)N4CCCC4)C3=O)ccc21. The van der Waals surface area contributed by atoms with Crippen molar-refractivity contribution in [2.45, 2.75) is 33.2 Å². The summed E-state index contributed by atoms with van der Waals surface area (Å²) < 4.78 is 29.7. The largest absolute Gasteiger partial charge is 0.303 e. The molecule has 3 amide bonds. The van der Waals surface area contributed by atoms with Crippen LogP contribution >= 0.6 is 23.4 Å². The van der Waals surface area contributed by atoms with Gasteiger partial charge in [0.05, 0.1) is 22.7 Å². The molecule has 0 bridgehead atoms. The maximum absolute atomic E-state index is 12.9. The zero-order valence-corrected chi connectivity index (χ0v) is 23.7. The maximum atomic E-state index is 12.9. The predicted molar refractivity (Wildman–Crippen MR) is 150 cm³/mol. The summed E-state index contributed by atoms with van der Waals surface area (Å²) in [6.07, 6.45) is 3.03. The molecule has 0 radical (unpaired) electrons. The van der Waals surface area contributed by atoms with Gasteiger partial charge >= 0.3 is 10.2 Å². The summed E-state index contributed by atoms with van der Waals surface area (Å²) in [7, 11) is -4.00. The van der Waals surface area contributed by atoms with E-state index in [1.165, 1.54) is 4.31 Å². The Morgan fingerprint density at radius 2 is 1.87 bits per heavy atom. The first-order valence-corrected chi connectivity index (χ1v) is 14.9. The van der Waals surface area contributed by atoms with Crippen LogP contribution in [0.3, 0.4) is 0 Å². The summed E-state index contributed by atoms with van der Waals surface area (Å²) in [6, 6.07) is 11.4. The van der Waals surface area contributed by atoms with Crippen molar-refractivity contribution in [1.82, 2.24) is 23.7 Å². The van der Waals surface area contributed by atoms with Gasteiger partial charge in [-0.2, -0.15) is 17.8 Å². The van der Waals surface area contributed by atoms with Crippen LogP contribution in [0.15, 0.2) is 41.3 Å². The maximum Gasteiger partial charge on any atom is 0.303 e. The second-order valence-electron chi connectivity index (χ2n) is 9.49. The number of halogens is 1. The third-order valence-corrected chi connectivity index (χ3v) is 9.38. The molecule has 5 rings (SSSR count). The van der Waals surface area contributed by atoms with Crippen LogP contribution in [-0.2, 0) is 26.3 Å². The van der Waals surface area contributed by atoms with E-state index in [0.29, 0.717) is 42.0 Å². The number of fused-ring (bicyclic) bond motifs is 1. The molecule has 2 aliphatic heterocycles. The highest BCUT2D eigenvalue weighted by atomic mass is 35.5. The number of aromatic nitrogens is 2. The van der Waals surface area contributed by atoms with Crippen molar-refractivity contribution in [2.75, 3.05) is 19.6 Å². The van der Waals surface area contributed by atoms with Crippen molar-refractivity contribution in [2.24, 2.45) is 0 Å². The first kappa shape index (κ1) is 27.4. The molecule has 0 spiro atoms. The van der Waals surface area contributed by atoms with Crippen LogP contribution in [-0.4, -0.2) is 64.1 Å². The van der Waals surface area contributed by atoms with E-state index in [1.807, 2.05) is 59.6 Å². The van der Waals surface area contributed by atoms with Crippen LogP contribution in [0.2, 0.25) is 5.02 Å². The highest BCUT2D eigenvalue weighted by molar-refractivity contribution is 8.18. The lowest BCUT2D eigenvalue weighted by atomic mass is 10.1. The van der Waals surface area contributed by atoms with Gasteiger partial charge in [0.1, 0.15) is 6.54 Å². The number of imide groups is 1. The van der Waals surface area contributed by atoms with Crippen molar-refractivity contribution < 1.29 is 22.8 Å². The first-order chi connectivity index (χ1) is 18.5. The number of rotatable bonds is 7. The molecule has 13 heteroatoms. The molecular weight excluding hydrogens is 562 g/mol. The lowest BCUT2D eigenvalue weighted by Gasteiger charge is -2.17. The lowest BCUT2D eigenvalue weighted by Crippen LogP contribution is -2.46. The Kier molecular flexibility index (Phi) is 7.55. The Morgan fingerprint density at radius 3 is 2.59 bits per heavy atom. The second kappa shape index (κ2) is 10.8. The Bertz CT molecular complexity index is 1640. The molecule has 1 aromatic heterocycles. The predicted octanol–water partition coefficient (Wildman–Crippen LogP) is 3.85. The van der Waals surface area contributed by atoms with E-state index in [4.69, 9.17) is 11.6 Å². The van der Waals surface area contributed by atoms with Crippen LogP contribution in [0.1, 0.15) is 35.2 Å². The summed E-state index contributed by atoms with van der Waals surface area (Å²) in [5, 5.41) is 5.63. The van der Waals surface area contributed by atoms with Crippen LogP contribution in [0.25, 0.3) is 17.0 Å². The zero-order chi connectivity index (χ0) is 27.9. The fraction of sp³-hybridized carbons (Fsp3) is 0.308. The van der Waals surface area contributed by atoms with Crippen LogP contribution in [0, 0.1) is 13.8 Å². The van der Waals surface area contributed by atoms with Crippen LogP contribution in [0.5, 0.6) is 0 Å². The summed E-state index contributed by atoms with van der Waals surface area (Å²) in [5.74, 6) is -1.59. The fourth-order valence-electron chi connectivity index (χ4n) is 4.67. The number of hydrogen-bond donors (Lipinski definition) is 1. The molecule has 0 saturated carbocycles. The van der Waals surface area contributed by atoms with E-state index in [1.54, 1.807) is 6.08 Å². The lowest BCUT2D eigenvalue weighted by molar-refractivity contribution is -0.128. The minimum Gasteiger partial charge on any atom is -0.272 e. The number of amides is 3. The molecular formula is C26H26ClN5O5S2. The monoisotopic (exact) mass is 587 g/mol.